The van der Waals surface area contributed by atoms with E-state index in [1.54, 1.807) is 0 Å². The zero-order valence-electron chi connectivity index (χ0n) is 17.5. The summed E-state index contributed by atoms with van der Waals surface area (Å²) in [5, 5.41) is 2.55. The summed E-state index contributed by atoms with van der Waals surface area (Å²) in [5.41, 5.74) is 1.35. The Kier molecular flexibility index (Phi) is 9.34. The van der Waals surface area contributed by atoms with Crippen LogP contribution in [0.15, 0.2) is 54.6 Å². The molecule has 170 valence electrons. The van der Waals surface area contributed by atoms with E-state index in [2.05, 4.69) is 10.1 Å². The molecule has 2 aromatic rings. The van der Waals surface area contributed by atoms with Crippen molar-refractivity contribution >= 4 is 23.7 Å². The van der Waals surface area contributed by atoms with Crippen LogP contribution < -0.4 is 14.8 Å². The molecule has 7 nitrogen and oxygen atoms in total. The number of carbonyl (C=O) groups excluding carboxylic acids is 3. The molecule has 2 aromatic carbocycles. The molecule has 9 heteroatoms. The number of amides is 1. The molecule has 1 atom stereocenters. The van der Waals surface area contributed by atoms with E-state index >= 15 is 0 Å². The van der Waals surface area contributed by atoms with Crippen LogP contribution in [0.3, 0.4) is 0 Å². The second kappa shape index (κ2) is 12.2. The summed E-state index contributed by atoms with van der Waals surface area (Å²) in [6, 6.07) is 12.6. The summed E-state index contributed by atoms with van der Waals surface area (Å²) >= 11 is 0. The molecule has 1 N–H and O–H groups in total. The van der Waals surface area contributed by atoms with Gasteiger partial charge in [-0.25, -0.2) is 4.79 Å². The molecule has 32 heavy (non-hydrogen) atoms. The van der Waals surface area contributed by atoms with Gasteiger partial charge in [-0.3, -0.25) is 9.59 Å². The summed E-state index contributed by atoms with van der Waals surface area (Å²) in [6.07, 6.45) is 2.76. The molecule has 0 saturated heterocycles. The minimum Gasteiger partial charge on any atom is -0.493 e. The molecular weight excluding hydrogens is 424 g/mol. The Morgan fingerprint density at radius 2 is 1.78 bits per heavy atom. The summed E-state index contributed by atoms with van der Waals surface area (Å²) in [4.78, 5) is 35.8. The molecule has 0 aliphatic carbocycles. The lowest BCUT2D eigenvalue weighted by Crippen LogP contribution is -2.43. The highest BCUT2D eigenvalue weighted by Gasteiger charge is 2.18. The van der Waals surface area contributed by atoms with Crippen molar-refractivity contribution in [2.24, 2.45) is 0 Å². The van der Waals surface area contributed by atoms with E-state index < -0.39 is 31.1 Å². The number of carbonyl (C=O) groups is 3. The fourth-order valence-corrected chi connectivity index (χ4v) is 2.71. The lowest BCUT2D eigenvalue weighted by molar-refractivity contribution is -0.144. The quantitative estimate of drug-likeness (QED) is 0.420. The van der Waals surface area contributed by atoms with Crippen LogP contribution in [0.2, 0.25) is 0 Å². The van der Waals surface area contributed by atoms with E-state index in [0.29, 0.717) is 12.0 Å². The van der Waals surface area contributed by atoms with Crippen LogP contribution in [-0.4, -0.2) is 44.0 Å². The first-order chi connectivity index (χ1) is 15.3. The number of halogens is 2. The number of rotatable bonds is 11. The van der Waals surface area contributed by atoms with Crippen molar-refractivity contribution in [1.82, 2.24) is 5.32 Å². The van der Waals surface area contributed by atoms with Gasteiger partial charge in [-0.05, 0) is 42.7 Å². The molecule has 0 aromatic heterocycles. The molecule has 0 bridgehead atoms. The second-order valence-corrected chi connectivity index (χ2v) is 6.65. The Labute approximate surface area is 184 Å². The largest absolute Gasteiger partial charge is 0.493 e. The van der Waals surface area contributed by atoms with Crippen molar-refractivity contribution in [2.45, 2.75) is 26.0 Å². The van der Waals surface area contributed by atoms with Gasteiger partial charge in [0.25, 0.3) is 5.91 Å². The molecule has 1 amide bonds. The maximum atomic E-state index is 12.4. The highest BCUT2D eigenvalue weighted by Crippen LogP contribution is 2.29. The van der Waals surface area contributed by atoms with E-state index in [1.807, 2.05) is 30.3 Å². The zero-order valence-corrected chi connectivity index (χ0v) is 17.5. The zero-order chi connectivity index (χ0) is 23.5. The van der Waals surface area contributed by atoms with E-state index in [0.717, 1.165) is 11.6 Å². The SMILES string of the molecule is COc1cc(C=CC(=O)OCC(=O)NC(Cc2ccccc2)C(C)=O)ccc1OC(F)F. The number of hydrogen-bond donors (Lipinski definition) is 1. The lowest BCUT2D eigenvalue weighted by Gasteiger charge is -2.16. The van der Waals surface area contributed by atoms with Gasteiger partial charge in [0.2, 0.25) is 0 Å². The monoisotopic (exact) mass is 447 g/mol. The molecule has 1 unspecified atom stereocenters. The predicted molar refractivity (Wildman–Crippen MR) is 112 cm³/mol. The second-order valence-electron chi connectivity index (χ2n) is 6.65. The number of ether oxygens (including phenoxy) is 3. The third-order valence-electron chi connectivity index (χ3n) is 4.27. The van der Waals surface area contributed by atoms with Gasteiger partial charge in [0.05, 0.1) is 13.2 Å². The van der Waals surface area contributed by atoms with Crippen LogP contribution in [0.1, 0.15) is 18.1 Å². The minimum atomic E-state index is -3.00. The van der Waals surface area contributed by atoms with Crippen LogP contribution in [0, 0.1) is 0 Å². The Morgan fingerprint density at radius 1 is 1.06 bits per heavy atom. The predicted octanol–water partition coefficient (Wildman–Crippen LogP) is 3.17. The number of Topliss-reactive ketones (excluding diaryl/α,β-unsaturated/α-hetero) is 1. The van der Waals surface area contributed by atoms with Gasteiger partial charge in [-0.2, -0.15) is 8.78 Å². The van der Waals surface area contributed by atoms with Gasteiger partial charge < -0.3 is 19.5 Å². The van der Waals surface area contributed by atoms with Gasteiger partial charge in [0.15, 0.2) is 23.9 Å². The minimum absolute atomic E-state index is 0.0638. The van der Waals surface area contributed by atoms with Gasteiger partial charge in [-0.15, -0.1) is 0 Å². The van der Waals surface area contributed by atoms with Crippen molar-refractivity contribution in [3.8, 4) is 11.5 Å². The Balaban J connectivity index is 1.88. The van der Waals surface area contributed by atoms with Gasteiger partial charge in [0.1, 0.15) is 0 Å². The molecule has 0 radical (unpaired) electrons. The number of methoxy groups -OCH3 is 1. The first kappa shape index (κ1) is 24.5. The number of esters is 1. The van der Waals surface area contributed by atoms with Crippen LogP contribution >= 0.6 is 0 Å². The van der Waals surface area contributed by atoms with Crippen LogP contribution in [0.5, 0.6) is 11.5 Å². The lowest BCUT2D eigenvalue weighted by atomic mass is 10.0. The molecule has 0 fully saturated rings. The number of hydrogen-bond acceptors (Lipinski definition) is 6. The average Bonchev–Trinajstić information content (AvgIpc) is 2.76. The first-order valence-electron chi connectivity index (χ1n) is 9.60. The van der Waals surface area contributed by atoms with Crippen molar-refractivity contribution in [1.29, 1.82) is 0 Å². The smallest absolute Gasteiger partial charge is 0.387 e. The van der Waals surface area contributed by atoms with E-state index in [4.69, 9.17) is 9.47 Å². The topological polar surface area (TPSA) is 90.9 Å². The maximum absolute atomic E-state index is 12.4. The molecule has 0 aliphatic heterocycles. The van der Waals surface area contributed by atoms with E-state index in [9.17, 15) is 23.2 Å². The summed E-state index contributed by atoms with van der Waals surface area (Å²) in [7, 11) is 1.29. The number of benzene rings is 2. The van der Waals surface area contributed by atoms with Crippen molar-refractivity contribution in [3.63, 3.8) is 0 Å². The third kappa shape index (κ3) is 8.17. The third-order valence-corrected chi connectivity index (χ3v) is 4.27. The van der Waals surface area contributed by atoms with Gasteiger partial charge in [0, 0.05) is 6.08 Å². The maximum Gasteiger partial charge on any atom is 0.387 e. The fourth-order valence-electron chi connectivity index (χ4n) is 2.71. The van der Waals surface area contributed by atoms with Crippen molar-refractivity contribution in [3.05, 3.63) is 65.7 Å². The molecule has 0 aliphatic rings. The Hall–Kier alpha value is -3.75. The van der Waals surface area contributed by atoms with E-state index in [-0.39, 0.29) is 17.3 Å². The molecule has 0 heterocycles. The van der Waals surface area contributed by atoms with Crippen LogP contribution in [0.25, 0.3) is 6.08 Å². The standard InChI is InChI=1S/C23H23F2NO6/c1-15(27)18(12-16-6-4-3-5-7-16)26-21(28)14-31-22(29)11-9-17-8-10-19(32-23(24)25)20(13-17)30-2/h3-11,13,18,23H,12,14H2,1-2H3,(H,26,28). The van der Waals surface area contributed by atoms with Crippen LogP contribution in [0.4, 0.5) is 8.78 Å². The molecule has 0 spiro atoms. The van der Waals surface area contributed by atoms with Crippen LogP contribution in [-0.2, 0) is 25.5 Å². The Bertz CT molecular complexity index is 962. The molecular formula is C23H23F2NO6. The highest BCUT2D eigenvalue weighted by atomic mass is 19.3. The molecule has 2 rings (SSSR count). The normalized spacial score (nSPS) is 11.8. The van der Waals surface area contributed by atoms with E-state index in [1.165, 1.54) is 38.3 Å². The first-order valence-corrected chi connectivity index (χ1v) is 9.60. The summed E-state index contributed by atoms with van der Waals surface area (Å²) < 4.78 is 38.9. The summed E-state index contributed by atoms with van der Waals surface area (Å²) in [6.45, 7) is -2.19. The van der Waals surface area contributed by atoms with Crippen molar-refractivity contribution in [2.75, 3.05) is 13.7 Å². The average molecular weight is 447 g/mol. The number of ketones is 1. The molecule has 0 saturated carbocycles. The van der Waals surface area contributed by atoms with Gasteiger partial charge in [-0.1, -0.05) is 36.4 Å². The number of nitrogens with one attached hydrogen (secondary N) is 1. The fraction of sp³-hybridized carbons (Fsp3) is 0.261. The summed E-state index contributed by atoms with van der Waals surface area (Å²) in [5.74, 6) is -1.71. The Morgan fingerprint density at radius 3 is 2.41 bits per heavy atom. The highest BCUT2D eigenvalue weighted by molar-refractivity contribution is 5.91. The van der Waals surface area contributed by atoms with Crippen molar-refractivity contribution < 1.29 is 37.4 Å². The van der Waals surface area contributed by atoms with Gasteiger partial charge >= 0.3 is 12.6 Å². The number of alkyl halides is 2.